The second kappa shape index (κ2) is 5.48. The molecular weight excluding hydrogens is 280 g/mol. The minimum absolute atomic E-state index is 0.221. The van der Waals surface area contributed by atoms with Gasteiger partial charge in [-0.25, -0.2) is 0 Å². The summed E-state index contributed by atoms with van der Waals surface area (Å²) in [5.74, 6) is 0.425. The lowest BCUT2D eigenvalue weighted by molar-refractivity contribution is 0.0724. The number of carbonyl (C=O) groups is 1. The van der Waals surface area contributed by atoms with Gasteiger partial charge >= 0.3 is 0 Å². The summed E-state index contributed by atoms with van der Waals surface area (Å²) in [6.45, 7) is 3.79. The molecule has 0 aliphatic heterocycles. The molecular formula is C17H20N2O3. The van der Waals surface area contributed by atoms with Gasteiger partial charge in [0.15, 0.2) is 5.43 Å². The van der Waals surface area contributed by atoms with Crippen molar-refractivity contribution in [3.63, 3.8) is 0 Å². The van der Waals surface area contributed by atoms with E-state index in [9.17, 15) is 9.59 Å². The van der Waals surface area contributed by atoms with Crippen molar-refractivity contribution < 1.29 is 9.21 Å². The standard InChI is InChI=1S/C17H20N2O3/c1-11-9-15(20)14(10-19(11)13-6-7-13)17(21)18(3)12(2)16-5-4-8-22-16/h4-5,8-10,12-13H,6-7H2,1-3H3. The number of amides is 1. The summed E-state index contributed by atoms with van der Waals surface area (Å²) in [5, 5.41) is 0. The first-order valence-corrected chi connectivity index (χ1v) is 7.52. The lowest BCUT2D eigenvalue weighted by Gasteiger charge is -2.23. The molecule has 0 radical (unpaired) electrons. The maximum Gasteiger partial charge on any atom is 0.259 e. The Hall–Kier alpha value is -2.30. The summed E-state index contributed by atoms with van der Waals surface area (Å²) in [4.78, 5) is 26.4. The van der Waals surface area contributed by atoms with Crippen LogP contribution in [0.4, 0.5) is 0 Å². The van der Waals surface area contributed by atoms with Gasteiger partial charge in [-0.05, 0) is 38.8 Å². The minimum atomic E-state index is -0.275. The highest BCUT2D eigenvalue weighted by Gasteiger charge is 2.27. The molecule has 0 spiro atoms. The quantitative estimate of drug-likeness (QED) is 0.872. The third-order valence-corrected chi connectivity index (χ3v) is 4.31. The number of nitrogens with zero attached hydrogens (tertiary/aromatic N) is 2. The van der Waals surface area contributed by atoms with Gasteiger partial charge in [0.2, 0.25) is 0 Å². The molecule has 0 aromatic carbocycles. The second-order valence-corrected chi connectivity index (χ2v) is 5.94. The van der Waals surface area contributed by atoms with E-state index in [1.807, 2.05) is 24.5 Å². The van der Waals surface area contributed by atoms with Gasteiger partial charge in [-0.2, -0.15) is 0 Å². The van der Waals surface area contributed by atoms with Gasteiger partial charge in [0.1, 0.15) is 11.3 Å². The first-order chi connectivity index (χ1) is 10.5. The predicted molar refractivity (Wildman–Crippen MR) is 82.9 cm³/mol. The Labute approximate surface area is 129 Å². The number of pyridine rings is 1. The number of aryl methyl sites for hydroxylation is 1. The number of hydrogen-bond donors (Lipinski definition) is 0. The van der Waals surface area contributed by atoms with Crippen LogP contribution in [0.1, 0.15) is 53.7 Å². The minimum Gasteiger partial charge on any atom is -0.467 e. The monoisotopic (exact) mass is 300 g/mol. The van der Waals surface area contributed by atoms with E-state index < -0.39 is 0 Å². The topological polar surface area (TPSA) is 55.5 Å². The number of rotatable bonds is 4. The van der Waals surface area contributed by atoms with E-state index in [1.54, 1.807) is 36.5 Å². The summed E-state index contributed by atoms with van der Waals surface area (Å²) < 4.78 is 7.39. The van der Waals surface area contributed by atoms with Crippen LogP contribution in [0, 0.1) is 6.92 Å². The van der Waals surface area contributed by atoms with Crippen molar-refractivity contribution >= 4 is 5.91 Å². The zero-order chi connectivity index (χ0) is 15.9. The van der Waals surface area contributed by atoms with Gasteiger partial charge in [0.05, 0.1) is 12.3 Å². The van der Waals surface area contributed by atoms with Crippen LogP contribution in [0.2, 0.25) is 0 Å². The Balaban J connectivity index is 1.91. The second-order valence-electron chi connectivity index (χ2n) is 5.94. The zero-order valence-corrected chi connectivity index (χ0v) is 13.1. The highest BCUT2D eigenvalue weighted by molar-refractivity contribution is 5.94. The van der Waals surface area contributed by atoms with Gasteiger partial charge in [-0.1, -0.05) is 0 Å². The molecule has 1 saturated carbocycles. The van der Waals surface area contributed by atoms with E-state index in [2.05, 4.69) is 0 Å². The highest BCUT2D eigenvalue weighted by atomic mass is 16.3. The van der Waals surface area contributed by atoms with Gasteiger partial charge < -0.3 is 13.9 Å². The molecule has 5 heteroatoms. The normalized spacial score (nSPS) is 15.6. The smallest absolute Gasteiger partial charge is 0.259 e. The van der Waals surface area contributed by atoms with Gasteiger partial charge in [0.25, 0.3) is 5.91 Å². The fraction of sp³-hybridized carbons (Fsp3) is 0.412. The summed E-state index contributed by atoms with van der Waals surface area (Å²) in [7, 11) is 1.69. The molecule has 3 rings (SSSR count). The zero-order valence-electron chi connectivity index (χ0n) is 13.1. The third-order valence-electron chi connectivity index (χ3n) is 4.31. The van der Waals surface area contributed by atoms with Crippen molar-refractivity contribution in [1.82, 2.24) is 9.47 Å². The van der Waals surface area contributed by atoms with Crippen molar-refractivity contribution in [3.05, 3.63) is 57.9 Å². The van der Waals surface area contributed by atoms with Crippen molar-refractivity contribution in [2.75, 3.05) is 7.05 Å². The first kappa shape index (κ1) is 14.6. The number of aromatic nitrogens is 1. The Morgan fingerprint density at radius 2 is 2.18 bits per heavy atom. The predicted octanol–water partition coefficient (Wildman–Crippen LogP) is 2.92. The molecule has 2 aromatic heterocycles. The van der Waals surface area contributed by atoms with Crippen LogP contribution < -0.4 is 5.43 Å². The number of hydrogen-bond acceptors (Lipinski definition) is 3. The molecule has 0 saturated heterocycles. The van der Waals surface area contributed by atoms with Crippen LogP contribution in [0.5, 0.6) is 0 Å². The molecule has 5 nitrogen and oxygen atoms in total. The van der Waals surface area contributed by atoms with E-state index in [4.69, 9.17) is 4.42 Å². The lowest BCUT2D eigenvalue weighted by atomic mass is 10.1. The maximum absolute atomic E-state index is 12.7. The summed E-state index contributed by atoms with van der Waals surface area (Å²) >= 11 is 0. The Morgan fingerprint density at radius 3 is 2.77 bits per heavy atom. The fourth-order valence-corrected chi connectivity index (χ4v) is 2.64. The van der Waals surface area contributed by atoms with Crippen molar-refractivity contribution in [2.24, 2.45) is 0 Å². The van der Waals surface area contributed by atoms with Crippen LogP contribution in [-0.4, -0.2) is 22.4 Å². The first-order valence-electron chi connectivity index (χ1n) is 7.52. The van der Waals surface area contributed by atoms with E-state index in [-0.39, 0.29) is 22.9 Å². The fourth-order valence-electron chi connectivity index (χ4n) is 2.64. The average molecular weight is 300 g/mol. The number of carbonyl (C=O) groups excluding carboxylic acids is 1. The van der Waals surface area contributed by atoms with Gasteiger partial charge in [-0.15, -0.1) is 0 Å². The van der Waals surface area contributed by atoms with Crippen LogP contribution in [-0.2, 0) is 0 Å². The van der Waals surface area contributed by atoms with E-state index in [1.165, 1.54) is 0 Å². The van der Waals surface area contributed by atoms with Crippen LogP contribution >= 0.6 is 0 Å². The SMILES string of the molecule is Cc1cc(=O)c(C(=O)N(C)C(C)c2ccco2)cn1C1CC1. The van der Waals surface area contributed by atoms with E-state index >= 15 is 0 Å². The molecule has 1 aliphatic carbocycles. The molecule has 2 aromatic rings. The Kier molecular flexibility index (Phi) is 3.64. The van der Waals surface area contributed by atoms with Crippen LogP contribution in [0.3, 0.4) is 0 Å². The van der Waals surface area contributed by atoms with Crippen LogP contribution in [0.15, 0.2) is 39.9 Å². The van der Waals surface area contributed by atoms with Crippen molar-refractivity contribution in [2.45, 2.75) is 38.8 Å². The number of furan rings is 1. The largest absolute Gasteiger partial charge is 0.467 e. The van der Waals surface area contributed by atoms with Crippen LogP contribution in [0.25, 0.3) is 0 Å². The molecule has 0 N–H and O–H groups in total. The van der Waals surface area contributed by atoms with Crippen molar-refractivity contribution in [3.8, 4) is 0 Å². The summed E-state index contributed by atoms with van der Waals surface area (Å²) in [5.41, 5.74) is 0.905. The molecule has 1 amide bonds. The maximum atomic E-state index is 12.7. The molecule has 1 unspecified atom stereocenters. The highest BCUT2D eigenvalue weighted by Crippen LogP contribution is 2.35. The van der Waals surface area contributed by atoms with Gasteiger partial charge in [-0.3, -0.25) is 9.59 Å². The molecule has 2 heterocycles. The third kappa shape index (κ3) is 2.58. The van der Waals surface area contributed by atoms with Crippen molar-refractivity contribution in [1.29, 1.82) is 0 Å². The lowest BCUT2D eigenvalue weighted by Crippen LogP contribution is -2.33. The Bertz CT molecular complexity index is 742. The molecule has 1 aliphatic rings. The molecule has 0 bridgehead atoms. The van der Waals surface area contributed by atoms with Gasteiger partial charge in [0, 0.05) is 31.0 Å². The van der Waals surface area contributed by atoms with E-state index in [0.29, 0.717) is 11.8 Å². The molecule has 22 heavy (non-hydrogen) atoms. The molecule has 1 atom stereocenters. The van der Waals surface area contributed by atoms with E-state index in [0.717, 1.165) is 18.5 Å². The molecule has 1 fully saturated rings. The Morgan fingerprint density at radius 1 is 1.45 bits per heavy atom. The summed E-state index contributed by atoms with van der Waals surface area (Å²) in [6, 6.07) is 5.37. The summed E-state index contributed by atoms with van der Waals surface area (Å²) in [6.07, 6.45) is 5.51. The molecule has 116 valence electrons. The average Bonchev–Trinajstić information content (AvgIpc) is 3.18.